The van der Waals surface area contributed by atoms with Crippen LogP contribution in [0.2, 0.25) is 0 Å². The average molecular weight is 408 g/mol. The summed E-state index contributed by atoms with van der Waals surface area (Å²) < 4.78 is 0. The number of hydrogen-bond donors (Lipinski definition) is 1. The van der Waals surface area contributed by atoms with Crippen molar-refractivity contribution in [2.75, 3.05) is 7.05 Å². The van der Waals surface area contributed by atoms with Gasteiger partial charge in [-0.1, -0.05) is 86.7 Å². The zero-order valence-corrected chi connectivity index (χ0v) is 18.2. The number of aliphatic imine (C=N–C) groups is 1. The minimum absolute atomic E-state index is 0.159. The highest BCUT2D eigenvalue weighted by molar-refractivity contribution is 6.65. The summed E-state index contributed by atoms with van der Waals surface area (Å²) in [4.78, 5) is 6.32. The van der Waals surface area contributed by atoms with E-state index in [1.165, 1.54) is 0 Å². The Morgan fingerprint density at radius 1 is 1.17 bits per heavy atom. The van der Waals surface area contributed by atoms with Crippen molar-refractivity contribution in [2.24, 2.45) is 10.9 Å². The second kappa shape index (κ2) is 11.4. The Bertz CT molecular complexity index is 871. The van der Waals surface area contributed by atoms with Crippen molar-refractivity contribution in [3.63, 3.8) is 0 Å². The third-order valence-electron chi connectivity index (χ3n) is 5.27. The molecule has 0 heterocycles. The largest absolute Gasteiger partial charge is 0.347 e. The molecule has 0 aromatic heterocycles. The van der Waals surface area contributed by atoms with Crippen molar-refractivity contribution in [2.45, 2.75) is 32.7 Å². The fraction of sp³-hybridized carbons (Fsp3) is 0.280. The quantitative estimate of drug-likeness (QED) is 0.223. The molecule has 0 saturated carbocycles. The predicted octanol–water partition coefficient (Wildman–Crippen LogP) is 6.75. The summed E-state index contributed by atoms with van der Waals surface area (Å²) in [6, 6.07) is 18.2. The average Bonchev–Trinajstić information content (AvgIpc) is 2.76. The van der Waals surface area contributed by atoms with E-state index in [-0.39, 0.29) is 11.9 Å². The first-order valence-corrected chi connectivity index (χ1v) is 10.3. The maximum Gasteiger partial charge on any atom is 0.200 e. The minimum atomic E-state index is 0.159. The monoisotopic (exact) mass is 407 g/mol. The van der Waals surface area contributed by atoms with E-state index in [4.69, 9.17) is 17.0 Å². The van der Waals surface area contributed by atoms with Crippen molar-refractivity contribution < 1.29 is 0 Å². The molecule has 2 aromatic carbocycles. The van der Waals surface area contributed by atoms with Crippen LogP contribution in [0.15, 0.2) is 84.4 Å². The van der Waals surface area contributed by atoms with Gasteiger partial charge < -0.3 is 4.90 Å². The summed E-state index contributed by atoms with van der Waals surface area (Å²) in [6.45, 7) is 8.04. The Morgan fingerprint density at radius 2 is 1.86 bits per heavy atom. The van der Waals surface area contributed by atoms with Crippen LogP contribution in [0.3, 0.4) is 0 Å². The summed E-state index contributed by atoms with van der Waals surface area (Å²) in [5.41, 5.74) is 2.91. The van der Waals surface area contributed by atoms with E-state index in [1.807, 2.05) is 60.5 Å². The first-order valence-electron chi connectivity index (χ1n) is 9.96. The molecule has 0 unspecified atom stereocenters. The number of benzene rings is 2. The molecule has 29 heavy (non-hydrogen) atoms. The summed E-state index contributed by atoms with van der Waals surface area (Å²) in [5.74, 6) is 0.599. The minimum Gasteiger partial charge on any atom is -0.347 e. The molecule has 0 fully saturated rings. The van der Waals surface area contributed by atoms with Crippen molar-refractivity contribution in [1.29, 1.82) is 5.41 Å². The van der Waals surface area contributed by atoms with Crippen molar-refractivity contribution >= 4 is 22.7 Å². The molecule has 0 aliphatic carbocycles. The molecular formula is C25H30ClN3. The van der Waals surface area contributed by atoms with Crippen LogP contribution in [0.5, 0.6) is 0 Å². The van der Waals surface area contributed by atoms with Crippen molar-refractivity contribution in [1.82, 2.24) is 4.90 Å². The highest BCUT2D eigenvalue weighted by Gasteiger charge is 2.21. The van der Waals surface area contributed by atoms with Gasteiger partial charge in [0.15, 0.2) is 5.84 Å². The van der Waals surface area contributed by atoms with Crippen LogP contribution in [0.25, 0.3) is 11.1 Å². The fourth-order valence-electron chi connectivity index (χ4n) is 3.25. The number of hydrogen-bond acceptors (Lipinski definition) is 1. The van der Waals surface area contributed by atoms with Crippen molar-refractivity contribution in [3.05, 3.63) is 85.0 Å². The third-order valence-corrected chi connectivity index (χ3v) is 5.62. The van der Waals surface area contributed by atoms with Gasteiger partial charge in [0.25, 0.3) is 0 Å². The van der Waals surface area contributed by atoms with Gasteiger partial charge in [0.05, 0.1) is 0 Å². The molecule has 0 bridgehead atoms. The number of rotatable bonds is 8. The van der Waals surface area contributed by atoms with Crippen LogP contribution < -0.4 is 0 Å². The molecular weight excluding hydrogens is 378 g/mol. The maximum absolute atomic E-state index is 8.42. The van der Waals surface area contributed by atoms with Crippen LogP contribution in [0, 0.1) is 11.3 Å². The lowest BCUT2D eigenvalue weighted by molar-refractivity contribution is 0.275. The number of allylic oxidation sites excluding steroid dienone is 3. The first kappa shape index (κ1) is 22.6. The second-order valence-electron chi connectivity index (χ2n) is 7.10. The van der Waals surface area contributed by atoms with E-state index in [9.17, 15) is 0 Å². The first-order chi connectivity index (χ1) is 14.0. The molecule has 152 valence electrons. The van der Waals surface area contributed by atoms with Gasteiger partial charge in [-0.2, -0.15) is 0 Å². The molecule has 0 aliphatic rings. The van der Waals surface area contributed by atoms with Gasteiger partial charge in [-0.15, -0.1) is 0 Å². The topological polar surface area (TPSA) is 39.5 Å². The van der Waals surface area contributed by atoms with Gasteiger partial charge in [-0.05, 0) is 48.1 Å². The van der Waals surface area contributed by atoms with Crippen LogP contribution in [0.4, 0.5) is 0 Å². The van der Waals surface area contributed by atoms with Crippen LogP contribution in [-0.2, 0) is 0 Å². The Hall–Kier alpha value is -2.65. The molecule has 0 saturated heterocycles. The standard InChI is InChI=1S/C25H30ClN3/c1-5-7-9-13-20(6-2)19(3)29(4)25(26)28-24(27)23-17-12-16-22(18-23)21-14-10-8-11-15-21/h5,7-12,14-20,27H,1,6,13H2,2-4H3/b9-7-,27-24?,28-25-/t19-,20+/m0/s1. The summed E-state index contributed by atoms with van der Waals surface area (Å²) in [7, 11) is 1.93. The number of amidine groups is 2. The molecule has 0 spiro atoms. The summed E-state index contributed by atoms with van der Waals surface area (Å²) in [5, 5.41) is 8.75. The molecule has 0 amide bonds. The van der Waals surface area contributed by atoms with Crippen molar-refractivity contribution in [3.8, 4) is 11.1 Å². The van der Waals surface area contributed by atoms with Gasteiger partial charge in [0.1, 0.15) is 0 Å². The van der Waals surface area contributed by atoms with E-state index in [0.29, 0.717) is 11.2 Å². The molecule has 3 nitrogen and oxygen atoms in total. The van der Waals surface area contributed by atoms with Crippen LogP contribution >= 0.6 is 11.6 Å². The molecule has 2 rings (SSSR count). The summed E-state index contributed by atoms with van der Waals surface area (Å²) >= 11 is 6.49. The third kappa shape index (κ3) is 6.43. The molecule has 2 aromatic rings. The zero-order valence-electron chi connectivity index (χ0n) is 17.5. The van der Waals surface area contributed by atoms with Gasteiger partial charge in [0, 0.05) is 18.7 Å². The Labute approximate surface area is 179 Å². The number of nitrogens with one attached hydrogen (secondary N) is 1. The van der Waals surface area contributed by atoms with Gasteiger partial charge in [0.2, 0.25) is 5.29 Å². The lowest BCUT2D eigenvalue weighted by Crippen LogP contribution is -2.38. The van der Waals surface area contributed by atoms with E-state index in [0.717, 1.165) is 29.5 Å². The fourth-order valence-corrected chi connectivity index (χ4v) is 3.49. The molecule has 4 heteroatoms. The molecule has 0 aliphatic heterocycles. The summed E-state index contributed by atoms with van der Waals surface area (Å²) in [6.07, 6.45) is 7.89. The van der Waals surface area contributed by atoms with E-state index >= 15 is 0 Å². The van der Waals surface area contributed by atoms with Gasteiger partial charge in [-0.3, -0.25) is 5.41 Å². The maximum atomic E-state index is 8.42. The SMILES string of the molecule is C=C/C=C\C[C@@H](CC)[C@H](C)N(C)/C(Cl)=N\C(=N)c1cccc(-c2ccccc2)c1. The van der Waals surface area contributed by atoms with E-state index < -0.39 is 0 Å². The Kier molecular flexibility index (Phi) is 8.88. The number of halogens is 1. The Balaban J connectivity index is 2.15. The Morgan fingerprint density at radius 3 is 2.52 bits per heavy atom. The van der Waals surface area contributed by atoms with Crippen LogP contribution in [-0.4, -0.2) is 29.1 Å². The smallest absolute Gasteiger partial charge is 0.200 e. The second-order valence-corrected chi connectivity index (χ2v) is 7.43. The highest BCUT2D eigenvalue weighted by Crippen LogP contribution is 2.22. The van der Waals surface area contributed by atoms with Gasteiger partial charge in [-0.25, -0.2) is 4.99 Å². The van der Waals surface area contributed by atoms with E-state index in [2.05, 4.69) is 43.6 Å². The number of nitrogens with zero attached hydrogens (tertiary/aromatic N) is 2. The molecule has 2 atom stereocenters. The zero-order chi connectivity index (χ0) is 21.2. The van der Waals surface area contributed by atoms with Crippen LogP contribution in [0.1, 0.15) is 32.3 Å². The lowest BCUT2D eigenvalue weighted by atomic mass is 9.93. The van der Waals surface area contributed by atoms with Gasteiger partial charge >= 0.3 is 0 Å². The molecule has 0 radical (unpaired) electrons. The lowest BCUT2D eigenvalue weighted by Gasteiger charge is -2.31. The highest BCUT2D eigenvalue weighted by atomic mass is 35.5. The predicted molar refractivity (Wildman–Crippen MR) is 127 cm³/mol. The van der Waals surface area contributed by atoms with E-state index in [1.54, 1.807) is 6.08 Å². The normalized spacial score (nSPS) is 13.9. The molecule has 1 N–H and O–H groups in total.